The lowest BCUT2D eigenvalue weighted by molar-refractivity contribution is -0.144. The van der Waals surface area contributed by atoms with E-state index in [0.717, 1.165) is 30.5 Å². The second-order valence-electron chi connectivity index (χ2n) is 8.70. The number of H-pyrrole nitrogens is 1. The van der Waals surface area contributed by atoms with Gasteiger partial charge >= 0.3 is 6.18 Å². The van der Waals surface area contributed by atoms with Gasteiger partial charge in [-0.15, -0.1) is 0 Å². The zero-order chi connectivity index (χ0) is 26.2. The second-order valence-corrected chi connectivity index (χ2v) is 8.70. The van der Waals surface area contributed by atoms with Crippen molar-refractivity contribution >= 4 is 34.2 Å². The normalized spacial score (nSPS) is 13.7. The van der Waals surface area contributed by atoms with Crippen LogP contribution in [0.2, 0.25) is 0 Å². The Morgan fingerprint density at radius 2 is 1.86 bits per heavy atom. The molecule has 0 spiro atoms. The van der Waals surface area contributed by atoms with Crippen LogP contribution in [0.3, 0.4) is 0 Å². The zero-order valence-corrected chi connectivity index (χ0v) is 19.9. The fourth-order valence-corrected chi connectivity index (χ4v) is 4.53. The maximum Gasteiger partial charge on any atom is 0.449 e. The predicted octanol–water partition coefficient (Wildman–Crippen LogP) is 5.83. The Labute approximate surface area is 210 Å². The molecule has 37 heavy (non-hydrogen) atoms. The molecule has 190 valence electrons. The SMILES string of the molecule is COc1cc(C(=O)N2CCCCc3ccccc32)ccc1C(=O)Nc1cccc2[nH]c(C(F)(F)F)nc12. The lowest BCUT2D eigenvalue weighted by Gasteiger charge is -2.23. The summed E-state index contributed by atoms with van der Waals surface area (Å²) in [7, 11) is 1.38. The molecule has 4 aromatic rings. The summed E-state index contributed by atoms with van der Waals surface area (Å²) in [5.41, 5.74) is 2.68. The molecular weight excluding hydrogens is 485 g/mol. The average molecular weight is 509 g/mol. The molecule has 2 heterocycles. The fraction of sp³-hybridized carbons (Fsp3) is 0.222. The molecule has 7 nitrogen and oxygen atoms in total. The van der Waals surface area contributed by atoms with Crippen LogP contribution >= 0.6 is 0 Å². The first-order chi connectivity index (χ1) is 17.8. The van der Waals surface area contributed by atoms with Crippen molar-refractivity contribution in [3.63, 3.8) is 0 Å². The number of hydrogen-bond acceptors (Lipinski definition) is 4. The van der Waals surface area contributed by atoms with Crippen LogP contribution in [0.25, 0.3) is 11.0 Å². The molecule has 0 aliphatic carbocycles. The molecule has 5 rings (SSSR count). The molecule has 0 bridgehead atoms. The number of nitrogens with zero attached hydrogens (tertiary/aromatic N) is 2. The highest BCUT2D eigenvalue weighted by Crippen LogP contribution is 2.32. The monoisotopic (exact) mass is 508 g/mol. The number of para-hydroxylation sites is 2. The summed E-state index contributed by atoms with van der Waals surface area (Å²) < 4.78 is 44.7. The number of hydrogen-bond donors (Lipinski definition) is 2. The van der Waals surface area contributed by atoms with Gasteiger partial charge in [0, 0.05) is 17.8 Å². The Balaban J connectivity index is 1.43. The lowest BCUT2D eigenvalue weighted by atomic mass is 10.1. The number of ether oxygens (including phenoxy) is 1. The van der Waals surface area contributed by atoms with E-state index in [0.29, 0.717) is 12.1 Å². The number of benzene rings is 3. The van der Waals surface area contributed by atoms with Crippen molar-refractivity contribution in [3.05, 3.63) is 83.2 Å². The van der Waals surface area contributed by atoms with Gasteiger partial charge in [0.15, 0.2) is 0 Å². The van der Waals surface area contributed by atoms with Crippen molar-refractivity contribution < 1.29 is 27.5 Å². The van der Waals surface area contributed by atoms with E-state index in [1.54, 1.807) is 11.0 Å². The van der Waals surface area contributed by atoms with Gasteiger partial charge in [-0.2, -0.15) is 13.2 Å². The first-order valence-electron chi connectivity index (χ1n) is 11.7. The number of methoxy groups -OCH3 is 1. The van der Waals surface area contributed by atoms with Gasteiger partial charge in [0.2, 0.25) is 5.82 Å². The van der Waals surface area contributed by atoms with Gasteiger partial charge < -0.3 is 19.9 Å². The molecule has 1 aromatic heterocycles. The van der Waals surface area contributed by atoms with Crippen molar-refractivity contribution in [1.82, 2.24) is 9.97 Å². The Morgan fingerprint density at radius 3 is 2.65 bits per heavy atom. The van der Waals surface area contributed by atoms with E-state index in [2.05, 4.69) is 15.3 Å². The van der Waals surface area contributed by atoms with E-state index in [1.165, 1.54) is 37.4 Å². The molecule has 2 N–H and O–H groups in total. The standard InChI is InChI=1S/C27H23F3N4O3/c1-37-22-15-17(25(36)34-14-5-4-8-16-7-2-3-11-21(16)34)12-13-18(22)24(35)31-19-9-6-10-20-23(19)33-26(32-20)27(28,29)30/h2-3,6-7,9-13,15H,4-5,8,14H2,1H3,(H,31,35)(H,32,33). The van der Waals surface area contributed by atoms with E-state index in [4.69, 9.17) is 4.74 Å². The Hall–Kier alpha value is -4.34. The van der Waals surface area contributed by atoms with Crippen LogP contribution in [0.4, 0.5) is 24.5 Å². The number of carbonyl (C=O) groups excluding carboxylic acids is 2. The molecule has 0 unspecified atom stereocenters. The van der Waals surface area contributed by atoms with Gasteiger partial charge in [-0.25, -0.2) is 4.98 Å². The van der Waals surface area contributed by atoms with Gasteiger partial charge in [-0.3, -0.25) is 9.59 Å². The number of aromatic nitrogens is 2. The van der Waals surface area contributed by atoms with Gasteiger partial charge in [-0.05, 0) is 61.2 Å². The minimum atomic E-state index is -4.65. The summed E-state index contributed by atoms with van der Waals surface area (Å²) in [5, 5.41) is 2.61. The molecular formula is C27H23F3N4O3. The third kappa shape index (κ3) is 4.74. The third-order valence-electron chi connectivity index (χ3n) is 6.33. The van der Waals surface area contributed by atoms with Crippen molar-refractivity contribution in [3.8, 4) is 5.75 Å². The highest BCUT2D eigenvalue weighted by molar-refractivity contribution is 6.11. The van der Waals surface area contributed by atoms with Crippen molar-refractivity contribution in [2.75, 3.05) is 23.9 Å². The topological polar surface area (TPSA) is 87.3 Å². The predicted molar refractivity (Wildman–Crippen MR) is 133 cm³/mol. The summed E-state index contributed by atoms with van der Waals surface area (Å²) in [6.45, 7) is 0.577. The van der Waals surface area contributed by atoms with Crippen molar-refractivity contribution in [2.24, 2.45) is 0 Å². The first-order valence-corrected chi connectivity index (χ1v) is 11.7. The van der Waals surface area contributed by atoms with Crippen molar-refractivity contribution in [2.45, 2.75) is 25.4 Å². The molecule has 3 aromatic carbocycles. The fourth-order valence-electron chi connectivity index (χ4n) is 4.53. The van der Waals surface area contributed by atoms with Crippen LogP contribution in [0, 0.1) is 0 Å². The van der Waals surface area contributed by atoms with E-state index in [-0.39, 0.29) is 33.9 Å². The summed E-state index contributed by atoms with van der Waals surface area (Å²) in [4.78, 5) is 34.1. The van der Waals surface area contributed by atoms with E-state index in [1.807, 2.05) is 24.3 Å². The number of halogens is 3. The summed E-state index contributed by atoms with van der Waals surface area (Å²) >= 11 is 0. The number of aromatic amines is 1. The van der Waals surface area contributed by atoms with Gasteiger partial charge in [0.1, 0.15) is 11.3 Å². The third-order valence-corrected chi connectivity index (χ3v) is 6.33. The highest BCUT2D eigenvalue weighted by atomic mass is 19.4. The number of rotatable bonds is 4. The molecule has 1 aliphatic rings. The van der Waals surface area contributed by atoms with E-state index >= 15 is 0 Å². The van der Waals surface area contributed by atoms with E-state index in [9.17, 15) is 22.8 Å². The average Bonchev–Trinajstić information content (AvgIpc) is 3.24. The summed E-state index contributed by atoms with van der Waals surface area (Å²) in [6, 6.07) is 16.7. The van der Waals surface area contributed by atoms with Crippen LogP contribution in [0.1, 0.15) is 44.9 Å². The minimum absolute atomic E-state index is 0.0197. The summed E-state index contributed by atoms with van der Waals surface area (Å²) in [5.74, 6) is -1.81. The molecule has 0 atom stereocenters. The number of alkyl halides is 3. The molecule has 10 heteroatoms. The van der Waals surface area contributed by atoms with Crippen LogP contribution in [-0.4, -0.2) is 35.4 Å². The maximum atomic E-state index is 13.5. The maximum absolute atomic E-state index is 13.5. The minimum Gasteiger partial charge on any atom is -0.496 e. The smallest absolute Gasteiger partial charge is 0.449 e. The zero-order valence-electron chi connectivity index (χ0n) is 19.9. The van der Waals surface area contributed by atoms with Crippen LogP contribution < -0.4 is 15.0 Å². The second kappa shape index (κ2) is 9.61. The number of amides is 2. The molecule has 0 saturated heterocycles. The lowest BCUT2D eigenvalue weighted by Crippen LogP contribution is -2.31. The number of fused-ring (bicyclic) bond motifs is 2. The number of imidazole rings is 1. The summed E-state index contributed by atoms with van der Waals surface area (Å²) in [6.07, 6.45) is -1.90. The number of aryl methyl sites for hydroxylation is 1. The number of carbonyl (C=O) groups is 2. The van der Waals surface area contributed by atoms with Crippen molar-refractivity contribution in [1.29, 1.82) is 0 Å². The van der Waals surface area contributed by atoms with Gasteiger partial charge in [-0.1, -0.05) is 24.3 Å². The number of nitrogens with one attached hydrogen (secondary N) is 2. The van der Waals surface area contributed by atoms with Crippen LogP contribution in [-0.2, 0) is 12.6 Å². The van der Waals surface area contributed by atoms with Crippen LogP contribution in [0.15, 0.2) is 60.7 Å². The molecule has 0 radical (unpaired) electrons. The molecule has 1 aliphatic heterocycles. The van der Waals surface area contributed by atoms with E-state index < -0.39 is 17.9 Å². The molecule has 0 saturated carbocycles. The molecule has 2 amide bonds. The highest BCUT2D eigenvalue weighted by Gasteiger charge is 2.35. The van der Waals surface area contributed by atoms with Gasteiger partial charge in [0.05, 0.1) is 23.9 Å². The molecule has 0 fully saturated rings. The number of anilines is 2. The Morgan fingerprint density at radius 1 is 1.05 bits per heavy atom. The van der Waals surface area contributed by atoms with Crippen LogP contribution in [0.5, 0.6) is 5.75 Å². The largest absolute Gasteiger partial charge is 0.496 e. The first kappa shape index (κ1) is 24.4. The Bertz CT molecular complexity index is 1500. The van der Waals surface area contributed by atoms with Gasteiger partial charge in [0.25, 0.3) is 11.8 Å². The Kier molecular flexibility index (Phi) is 6.32. The quantitative estimate of drug-likeness (QED) is 0.363.